The van der Waals surface area contributed by atoms with Crippen LogP contribution < -0.4 is 5.56 Å². The second-order valence-corrected chi connectivity index (χ2v) is 3.10. The highest BCUT2D eigenvalue weighted by atomic mass is 16.1. The van der Waals surface area contributed by atoms with E-state index in [1.807, 2.05) is 24.4 Å². The molecule has 2 aromatic heterocycles. The molecule has 2 heterocycles. The Balaban J connectivity index is 2.19. The number of aromatic amines is 1. The Morgan fingerprint density at radius 2 is 2.14 bits per heavy atom. The summed E-state index contributed by atoms with van der Waals surface area (Å²) in [5.41, 5.74) is 2.15. The van der Waals surface area contributed by atoms with Gasteiger partial charge in [-0.2, -0.15) is 0 Å². The molecule has 0 aliphatic rings. The molecular weight excluding hydrogens is 176 g/mol. The normalized spacial score (nSPS) is 10.0. The Bertz CT molecular complexity index is 442. The summed E-state index contributed by atoms with van der Waals surface area (Å²) >= 11 is 0. The van der Waals surface area contributed by atoms with Crippen molar-refractivity contribution in [1.29, 1.82) is 0 Å². The van der Waals surface area contributed by atoms with Crippen molar-refractivity contribution in [1.82, 2.24) is 9.97 Å². The summed E-state index contributed by atoms with van der Waals surface area (Å²) in [5.74, 6) is 0. The van der Waals surface area contributed by atoms with E-state index in [2.05, 4.69) is 9.97 Å². The topological polar surface area (TPSA) is 45.8 Å². The first-order valence-electron chi connectivity index (χ1n) is 4.41. The van der Waals surface area contributed by atoms with Crippen LogP contribution in [0.15, 0.2) is 47.7 Å². The summed E-state index contributed by atoms with van der Waals surface area (Å²) in [6.45, 7) is 0. The van der Waals surface area contributed by atoms with Crippen LogP contribution in [0.3, 0.4) is 0 Å². The largest absolute Gasteiger partial charge is 0.329 e. The molecular formula is C11H10N2O. The SMILES string of the molecule is O=c1ccc(Cc2cccnc2)c[nH]1. The average molecular weight is 186 g/mol. The van der Waals surface area contributed by atoms with Gasteiger partial charge in [0.1, 0.15) is 0 Å². The molecule has 0 atom stereocenters. The van der Waals surface area contributed by atoms with Gasteiger partial charge in [0, 0.05) is 31.1 Å². The molecule has 0 aromatic carbocycles. The minimum Gasteiger partial charge on any atom is -0.329 e. The van der Waals surface area contributed by atoms with Gasteiger partial charge in [0.25, 0.3) is 0 Å². The van der Waals surface area contributed by atoms with Gasteiger partial charge in [0.15, 0.2) is 0 Å². The summed E-state index contributed by atoms with van der Waals surface area (Å²) in [4.78, 5) is 17.5. The van der Waals surface area contributed by atoms with E-state index in [-0.39, 0.29) is 5.56 Å². The zero-order valence-corrected chi connectivity index (χ0v) is 7.60. The Hall–Kier alpha value is -1.90. The molecule has 0 saturated heterocycles. The van der Waals surface area contributed by atoms with Gasteiger partial charge in [-0.3, -0.25) is 9.78 Å². The van der Waals surface area contributed by atoms with Gasteiger partial charge >= 0.3 is 0 Å². The molecule has 3 heteroatoms. The van der Waals surface area contributed by atoms with Crippen molar-refractivity contribution in [2.75, 3.05) is 0 Å². The number of hydrogen-bond donors (Lipinski definition) is 1. The lowest BCUT2D eigenvalue weighted by atomic mass is 10.1. The van der Waals surface area contributed by atoms with E-state index in [1.165, 1.54) is 6.07 Å². The van der Waals surface area contributed by atoms with Gasteiger partial charge in [-0.25, -0.2) is 0 Å². The van der Waals surface area contributed by atoms with Gasteiger partial charge in [-0.15, -0.1) is 0 Å². The van der Waals surface area contributed by atoms with Crippen LogP contribution in [0, 0.1) is 0 Å². The lowest BCUT2D eigenvalue weighted by Crippen LogP contribution is -2.03. The number of pyridine rings is 2. The van der Waals surface area contributed by atoms with Gasteiger partial charge in [0.05, 0.1) is 0 Å². The highest BCUT2D eigenvalue weighted by Gasteiger charge is 1.95. The zero-order chi connectivity index (χ0) is 9.80. The molecule has 0 radical (unpaired) electrons. The Labute approximate surface area is 81.5 Å². The van der Waals surface area contributed by atoms with E-state index >= 15 is 0 Å². The Kier molecular flexibility index (Phi) is 2.40. The molecule has 3 nitrogen and oxygen atoms in total. The number of nitrogens with one attached hydrogen (secondary N) is 1. The van der Waals surface area contributed by atoms with Crippen LogP contribution >= 0.6 is 0 Å². The quantitative estimate of drug-likeness (QED) is 0.769. The highest BCUT2D eigenvalue weighted by Crippen LogP contribution is 2.04. The highest BCUT2D eigenvalue weighted by molar-refractivity contribution is 5.20. The van der Waals surface area contributed by atoms with Crippen LogP contribution in [0.2, 0.25) is 0 Å². The standard InChI is InChI=1S/C11H10N2O/c14-11-4-3-10(8-13-11)6-9-2-1-5-12-7-9/h1-5,7-8H,6H2,(H,13,14). The summed E-state index contributed by atoms with van der Waals surface area (Å²) < 4.78 is 0. The summed E-state index contributed by atoms with van der Waals surface area (Å²) in [6.07, 6.45) is 6.10. The molecule has 2 aromatic rings. The number of H-pyrrole nitrogens is 1. The average Bonchev–Trinajstić information content (AvgIpc) is 2.23. The first kappa shape index (κ1) is 8.69. The Morgan fingerprint density at radius 1 is 1.21 bits per heavy atom. The number of hydrogen-bond acceptors (Lipinski definition) is 2. The first-order chi connectivity index (χ1) is 6.84. The van der Waals surface area contributed by atoms with Crippen molar-refractivity contribution < 1.29 is 0 Å². The minimum atomic E-state index is -0.0695. The predicted octanol–water partition coefficient (Wildman–Crippen LogP) is 1.36. The Morgan fingerprint density at radius 3 is 2.79 bits per heavy atom. The van der Waals surface area contributed by atoms with E-state index in [9.17, 15) is 4.79 Å². The van der Waals surface area contributed by atoms with Crippen molar-refractivity contribution >= 4 is 0 Å². The van der Waals surface area contributed by atoms with Crippen molar-refractivity contribution in [2.24, 2.45) is 0 Å². The number of nitrogens with zero attached hydrogens (tertiary/aromatic N) is 1. The van der Waals surface area contributed by atoms with E-state index < -0.39 is 0 Å². The van der Waals surface area contributed by atoms with Gasteiger partial charge in [0.2, 0.25) is 5.56 Å². The molecule has 0 aliphatic heterocycles. The van der Waals surface area contributed by atoms with Gasteiger partial charge in [-0.1, -0.05) is 12.1 Å². The van der Waals surface area contributed by atoms with Crippen LogP contribution in [0.1, 0.15) is 11.1 Å². The summed E-state index contributed by atoms with van der Waals surface area (Å²) in [6, 6.07) is 7.27. The maximum absolute atomic E-state index is 10.8. The fourth-order valence-electron chi connectivity index (χ4n) is 1.29. The van der Waals surface area contributed by atoms with E-state index in [0.29, 0.717) is 0 Å². The van der Waals surface area contributed by atoms with Crippen LogP contribution in [-0.2, 0) is 6.42 Å². The van der Waals surface area contributed by atoms with Crippen molar-refractivity contribution in [3.05, 3.63) is 64.3 Å². The number of aromatic nitrogens is 2. The molecule has 0 spiro atoms. The lowest BCUT2D eigenvalue weighted by molar-refractivity contribution is 1.10. The van der Waals surface area contributed by atoms with Gasteiger partial charge in [-0.05, 0) is 17.2 Å². The third-order valence-electron chi connectivity index (χ3n) is 1.98. The van der Waals surface area contributed by atoms with E-state index in [1.54, 1.807) is 12.4 Å². The molecule has 2 rings (SSSR count). The van der Waals surface area contributed by atoms with Crippen molar-refractivity contribution in [3.8, 4) is 0 Å². The fraction of sp³-hybridized carbons (Fsp3) is 0.0909. The molecule has 0 saturated carbocycles. The monoisotopic (exact) mass is 186 g/mol. The van der Waals surface area contributed by atoms with Crippen molar-refractivity contribution in [2.45, 2.75) is 6.42 Å². The van der Waals surface area contributed by atoms with E-state index in [0.717, 1.165) is 17.5 Å². The zero-order valence-electron chi connectivity index (χ0n) is 7.60. The summed E-state index contributed by atoms with van der Waals surface area (Å²) in [7, 11) is 0. The smallest absolute Gasteiger partial charge is 0.247 e. The van der Waals surface area contributed by atoms with E-state index in [4.69, 9.17) is 0 Å². The maximum Gasteiger partial charge on any atom is 0.247 e. The molecule has 14 heavy (non-hydrogen) atoms. The van der Waals surface area contributed by atoms with Crippen LogP contribution in [-0.4, -0.2) is 9.97 Å². The number of rotatable bonds is 2. The molecule has 70 valence electrons. The molecule has 0 amide bonds. The second-order valence-electron chi connectivity index (χ2n) is 3.10. The maximum atomic E-state index is 10.8. The third kappa shape index (κ3) is 2.07. The molecule has 0 aliphatic carbocycles. The molecule has 0 unspecified atom stereocenters. The fourth-order valence-corrected chi connectivity index (χ4v) is 1.29. The van der Waals surface area contributed by atoms with Crippen LogP contribution in [0.5, 0.6) is 0 Å². The predicted molar refractivity (Wildman–Crippen MR) is 54.1 cm³/mol. The first-order valence-corrected chi connectivity index (χ1v) is 4.41. The van der Waals surface area contributed by atoms with Crippen molar-refractivity contribution in [3.63, 3.8) is 0 Å². The molecule has 0 fully saturated rings. The van der Waals surface area contributed by atoms with Crippen LogP contribution in [0.4, 0.5) is 0 Å². The molecule has 1 N–H and O–H groups in total. The second kappa shape index (κ2) is 3.87. The van der Waals surface area contributed by atoms with Crippen LogP contribution in [0.25, 0.3) is 0 Å². The minimum absolute atomic E-state index is 0.0695. The third-order valence-corrected chi connectivity index (χ3v) is 1.98. The molecule has 0 bridgehead atoms. The lowest BCUT2D eigenvalue weighted by Gasteiger charge is -1.99. The van der Waals surface area contributed by atoms with Gasteiger partial charge < -0.3 is 4.98 Å². The summed E-state index contributed by atoms with van der Waals surface area (Å²) in [5, 5.41) is 0.